The molecule has 1 atom stereocenters. The van der Waals surface area contributed by atoms with Gasteiger partial charge in [0.25, 0.3) is 0 Å². The van der Waals surface area contributed by atoms with Gasteiger partial charge in [0.2, 0.25) is 0 Å². The van der Waals surface area contributed by atoms with Crippen molar-refractivity contribution in [3.8, 4) is 0 Å². The zero-order valence-electron chi connectivity index (χ0n) is 11.6. The molecule has 0 radical (unpaired) electrons. The van der Waals surface area contributed by atoms with Gasteiger partial charge in [0.1, 0.15) is 0 Å². The standard InChI is InChI=1S/C15H24BrN/c1-12(16)10-17(5)11-13-6-8-14(9-7-13)15(2,3)4/h6-9,12H,10-11H2,1-5H3. The van der Waals surface area contributed by atoms with Gasteiger partial charge in [0.05, 0.1) is 0 Å². The third kappa shape index (κ3) is 5.22. The predicted octanol–water partition coefficient (Wildman–Crippen LogP) is 4.20. The molecule has 0 heterocycles. The summed E-state index contributed by atoms with van der Waals surface area (Å²) >= 11 is 3.58. The summed E-state index contributed by atoms with van der Waals surface area (Å²) in [4.78, 5) is 2.88. The lowest BCUT2D eigenvalue weighted by Crippen LogP contribution is -2.24. The summed E-state index contributed by atoms with van der Waals surface area (Å²) in [6.07, 6.45) is 0. The molecule has 0 fully saturated rings. The molecular weight excluding hydrogens is 274 g/mol. The Labute approximate surface area is 114 Å². The molecule has 0 aliphatic rings. The first-order valence-electron chi connectivity index (χ1n) is 6.21. The zero-order chi connectivity index (χ0) is 13.1. The second-order valence-corrected chi connectivity index (χ2v) is 7.49. The Morgan fingerprint density at radius 1 is 1.18 bits per heavy atom. The van der Waals surface area contributed by atoms with Gasteiger partial charge in [-0.2, -0.15) is 0 Å². The molecule has 96 valence electrons. The largest absolute Gasteiger partial charge is 0.301 e. The third-order valence-electron chi connectivity index (χ3n) is 2.84. The first-order valence-corrected chi connectivity index (χ1v) is 7.12. The first kappa shape index (κ1) is 14.7. The van der Waals surface area contributed by atoms with Gasteiger partial charge < -0.3 is 4.90 Å². The van der Waals surface area contributed by atoms with Gasteiger partial charge in [-0.05, 0) is 23.6 Å². The maximum absolute atomic E-state index is 3.58. The van der Waals surface area contributed by atoms with Crippen LogP contribution in [0.4, 0.5) is 0 Å². The highest BCUT2D eigenvalue weighted by Gasteiger charge is 2.13. The maximum atomic E-state index is 3.58. The number of halogens is 1. The summed E-state index contributed by atoms with van der Waals surface area (Å²) in [5.41, 5.74) is 3.03. The highest BCUT2D eigenvalue weighted by atomic mass is 79.9. The fraction of sp³-hybridized carbons (Fsp3) is 0.600. The average Bonchev–Trinajstić information content (AvgIpc) is 2.15. The average molecular weight is 298 g/mol. The molecule has 0 bridgehead atoms. The SMILES string of the molecule is CC(Br)CN(C)Cc1ccc(C(C)(C)C)cc1. The molecule has 1 nitrogen and oxygen atoms in total. The Bertz CT molecular complexity index is 335. The van der Waals surface area contributed by atoms with E-state index in [9.17, 15) is 0 Å². The number of alkyl halides is 1. The van der Waals surface area contributed by atoms with Crippen molar-refractivity contribution in [2.24, 2.45) is 0 Å². The van der Waals surface area contributed by atoms with Crippen molar-refractivity contribution < 1.29 is 0 Å². The molecule has 1 unspecified atom stereocenters. The molecule has 0 N–H and O–H groups in total. The Balaban J connectivity index is 2.63. The van der Waals surface area contributed by atoms with Crippen molar-refractivity contribution >= 4 is 15.9 Å². The van der Waals surface area contributed by atoms with Crippen LogP contribution in [0.3, 0.4) is 0 Å². The van der Waals surface area contributed by atoms with Crippen molar-refractivity contribution in [3.05, 3.63) is 35.4 Å². The van der Waals surface area contributed by atoms with Gasteiger partial charge in [-0.15, -0.1) is 0 Å². The Morgan fingerprint density at radius 3 is 2.12 bits per heavy atom. The van der Waals surface area contributed by atoms with Crippen LogP contribution >= 0.6 is 15.9 Å². The van der Waals surface area contributed by atoms with E-state index in [1.165, 1.54) is 11.1 Å². The van der Waals surface area contributed by atoms with Gasteiger partial charge in [0, 0.05) is 17.9 Å². The normalized spacial score (nSPS) is 14.1. The molecule has 17 heavy (non-hydrogen) atoms. The van der Waals surface area contributed by atoms with Crippen LogP contribution in [-0.2, 0) is 12.0 Å². The summed E-state index contributed by atoms with van der Waals surface area (Å²) in [7, 11) is 2.16. The highest BCUT2D eigenvalue weighted by Crippen LogP contribution is 2.22. The van der Waals surface area contributed by atoms with E-state index in [1.807, 2.05) is 0 Å². The summed E-state index contributed by atoms with van der Waals surface area (Å²) in [5, 5.41) is 0. The lowest BCUT2D eigenvalue weighted by atomic mass is 9.87. The number of nitrogens with zero attached hydrogens (tertiary/aromatic N) is 1. The van der Waals surface area contributed by atoms with Crippen molar-refractivity contribution in [1.82, 2.24) is 4.90 Å². The van der Waals surface area contributed by atoms with Gasteiger partial charge in [0.15, 0.2) is 0 Å². The van der Waals surface area contributed by atoms with E-state index in [0.717, 1.165) is 13.1 Å². The fourth-order valence-electron chi connectivity index (χ4n) is 1.92. The number of rotatable bonds is 4. The molecule has 0 saturated heterocycles. The van der Waals surface area contributed by atoms with Gasteiger partial charge >= 0.3 is 0 Å². The molecule has 0 aliphatic carbocycles. The van der Waals surface area contributed by atoms with E-state index in [1.54, 1.807) is 0 Å². The summed E-state index contributed by atoms with van der Waals surface area (Å²) < 4.78 is 0. The third-order valence-corrected chi connectivity index (χ3v) is 3.13. The predicted molar refractivity (Wildman–Crippen MR) is 79.9 cm³/mol. The summed E-state index contributed by atoms with van der Waals surface area (Å²) in [6, 6.07) is 8.99. The molecule has 1 aromatic carbocycles. The first-order chi connectivity index (χ1) is 7.79. The molecule has 1 aromatic rings. The number of hydrogen-bond donors (Lipinski definition) is 0. The Kier molecular flexibility index (Phi) is 5.21. The molecule has 0 aromatic heterocycles. The van der Waals surface area contributed by atoms with E-state index in [4.69, 9.17) is 0 Å². The van der Waals surface area contributed by atoms with Crippen LogP contribution in [0.1, 0.15) is 38.8 Å². The molecular formula is C15H24BrN. The van der Waals surface area contributed by atoms with E-state index >= 15 is 0 Å². The van der Waals surface area contributed by atoms with Crippen LogP contribution in [0.5, 0.6) is 0 Å². The van der Waals surface area contributed by atoms with E-state index < -0.39 is 0 Å². The summed E-state index contributed by atoms with van der Waals surface area (Å²) in [5.74, 6) is 0. The Morgan fingerprint density at radius 2 is 1.71 bits per heavy atom. The summed E-state index contributed by atoms with van der Waals surface area (Å²) in [6.45, 7) is 11.0. The molecule has 0 aliphatic heterocycles. The lowest BCUT2D eigenvalue weighted by Gasteiger charge is -2.21. The number of benzene rings is 1. The lowest BCUT2D eigenvalue weighted by molar-refractivity contribution is 0.333. The monoisotopic (exact) mass is 297 g/mol. The van der Waals surface area contributed by atoms with Gasteiger partial charge in [-0.3, -0.25) is 0 Å². The zero-order valence-corrected chi connectivity index (χ0v) is 13.2. The van der Waals surface area contributed by atoms with Gasteiger partial charge in [-0.25, -0.2) is 0 Å². The maximum Gasteiger partial charge on any atom is 0.0244 e. The highest BCUT2D eigenvalue weighted by molar-refractivity contribution is 9.09. The van der Waals surface area contributed by atoms with Crippen LogP contribution in [0.25, 0.3) is 0 Å². The molecule has 0 amide bonds. The van der Waals surface area contributed by atoms with Crippen molar-refractivity contribution in [2.75, 3.05) is 13.6 Å². The van der Waals surface area contributed by atoms with E-state index in [2.05, 4.69) is 79.8 Å². The molecule has 0 saturated carbocycles. The number of hydrogen-bond acceptors (Lipinski definition) is 1. The minimum absolute atomic E-state index is 0.245. The minimum atomic E-state index is 0.245. The molecule has 1 rings (SSSR count). The molecule has 2 heteroatoms. The van der Waals surface area contributed by atoms with Crippen LogP contribution in [0.15, 0.2) is 24.3 Å². The topological polar surface area (TPSA) is 3.24 Å². The van der Waals surface area contributed by atoms with E-state index in [0.29, 0.717) is 4.83 Å². The minimum Gasteiger partial charge on any atom is -0.301 e. The van der Waals surface area contributed by atoms with Crippen molar-refractivity contribution in [1.29, 1.82) is 0 Å². The quantitative estimate of drug-likeness (QED) is 0.753. The van der Waals surface area contributed by atoms with E-state index in [-0.39, 0.29) is 5.41 Å². The second-order valence-electron chi connectivity index (χ2n) is 5.92. The van der Waals surface area contributed by atoms with Crippen LogP contribution in [0.2, 0.25) is 0 Å². The smallest absolute Gasteiger partial charge is 0.0244 e. The second kappa shape index (κ2) is 6.01. The molecule has 0 spiro atoms. The van der Waals surface area contributed by atoms with Crippen LogP contribution in [-0.4, -0.2) is 23.3 Å². The van der Waals surface area contributed by atoms with Crippen molar-refractivity contribution in [3.63, 3.8) is 0 Å². The van der Waals surface area contributed by atoms with Crippen LogP contribution < -0.4 is 0 Å². The van der Waals surface area contributed by atoms with Crippen molar-refractivity contribution in [2.45, 2.75) is 44.5 Å². The Hall–Kier alpha value is -0.340. The fourth-order valence-corrected chi connectivity index (χ4v) is 2.41. The van der Waals surface area contributed by atoms with Gasteiger partial charge in [-0.1, -0.05) is 67.9 Å². The van der Waals surface area contributed by atoms with Crippen LogP contribution in [0, 0.1) is 0 Å².